The molecule has 1 amide bonds. The van der Waals surface area contributed by atoms with E-state index in [-0.39, 0.29) is 5.91 Å². The molecule has 0 heterocycles. The zero-order chi connectivity index (χ0) is 20.1. The van der Waals surface area contributed by atoms with Gasteiger partial charge in [-0.3, -0.25) is 4.79 Å². The number of hydrogen-bond donors (Lipinski definition) is 1. The number of rotatable bonds is 14. The lowest BCUT2D eigenvalue weighted by atomic mass is 9.92. The monoisotopic (exact) mass is 391 g/mol. The molecule has 0 bridgehead atoms. The Bertz CT molecular complexity index is 513. The van der Waals surface area contributed by atoms with Crippen LogP contribution in [-0.4, -0.2) is 17.4 Å². The van der Waals surface area contributed by atoms with Crippen LogP contribution in [0.2, 0.25) is 0 Å². The Morgan fingerprint density at radius 3 is 1.93 bits per heavy atom. The van der Waals surface area contributed by atoms with Gasteiger partial charge < -0.3 is 5.32 Å². The van der Waals surface area contributed by atoms with E-state index in [1.807, 2.05) is 0 Å². The summed E-state index contributed by atoms with van der Waals surface area (Å²) in [7, 11) is 0. The molecule has 0 saturated heterocycles. The van der Waals surface area contributed by atoms with Crippen LogP contribution in [0, 0.1) is 0 Å². The number of benzene rings is 1. The number of unbranched alkanes of at least 4 members (excludes halogenated alkanes) is 7. The Balaban J connectivity index is 2.33. The van der Waals surface area contributed by atoms with Crippen LogP contribution in [0.25, 0.3) is 0 Å². The molecule has 0 radical (unpaired) electrons. The number of carbonyl (C=O) groups is 1. The molecule has 27 heavy (non-hydrogen) atoms. The summed E-state index contributed by atoms with van der Waals surface area (Å²) in [4.78, 5) is 12.5. The Hall–Kier alpha value is -0.960. The summed E-state index contributed by atoms with van der Waals surface area (Å²) in [6.07, 6.45) is 10.7. The topological polar surface area (TPSA) is 29.1 Å². The van der Waals surface area contributed by atoms with Gasteiger partial charge in [0.25, 0.3) is 0 Å². The van der Waals surface area contributed by atoms with Crippen molar-refractivity contribution in [2.45, 2.75) is 97.8 Å². The molecule has 0 aromatic heterocycles. The van der Waals surface area contributed by atoms with Gasteiger partial charge in [-0.05, 0) is 35.1 Å². The molecule has 0 aliphatic heterocycles. The minimum atomic E-state index is 0.134. The molecule has 154 valence electrons. The van der Waals surface area contributed by atoms with Crippen molar-refractivity contribution in [3.63, 3.8) is 0 Å². The highest BCUT2D eigenvalue weighted by atomic mass is 32.2. The van der Waals surface area contributed by atoms with Crippen molar-refractivity contribution in [2.24, 2.45) is 0 Å². The standard InChI is InChI=1S/C24H41NOS/c1-6-7-8-9-10-11-12-13-17-27-18-23(26)25-24-21(19(2)3)15-14-16-22(24)20(4)5/h14-16,19-20H,6-13,17-18H2,1-5H3,(H,25,26). The van der Waals surface area contributed by atoms with Crippen LogP contribution in [0.4, 0.5) is 5.69 Å². The van der Waals surface area contributed by atoms with Gasteiger partial charge in [-0.25, -0.2) is 0 Å². The van der Waals surface area contributed by atoms with E-state index >= 15 is 0 Å². The van der Waals surface area contributed by atoms with E-state index in [1.54, 1.807) is 11.8 Å². The second-order valence-electron chi connectivity index (χ2n) is 8.20. The number of anilines is 1. The van der Waals surface area contributed by atoms with Gasteiger partial charge in [0.05, 0.1) is 5.75 Å². The van der Waals surface area contributed by atoms with Crippen LogP contribution in [0.5, 0.6) is 0 Å². The highest BCUT2D eigenvalue weighted by Gasteiger charge is 2.15. The van der Waals surface area contributed by atoms with E-state index in [1.165, 1.54) is 62.5 Å². The molecular formula is C24H41NOS. The van der Waals surface area contributed by atoms with Crippen molar-refractivity contribution in [1.82, 2.24) is 0 Å². The summed E-state index contributed by atoms with van der Waals surface area (Å²) in [5, 5.41) is 3.21. The minimum Gasteiger partial charge on any atom is -0.325 e. The van der Waals surface area contributed by atoms with Crippen molar-refractivity contribution in [2.75, 3.05) is 16.8 Å². The van der Waals surface area contributed by atoms with Crippen molar-refractivity contribution in [1.29, 1.82) is 0 Å². The molecule has 0 unspecified atom stereocenters. The molecule has 0 aliphatic rings. The predicted molar refractivity (Wildman–Crippen MR) is 123 cm³/mol. The number of thioether (sulfide) groups is 1. The molecule has 1 aromatic rings. The van der Waals surface area contributed by atoms with Gasteiger partial charge in [-0.1, -0.05) is 97.8 Å². The van der Waals surface area contributed by atoms with Crippen LogP contribution >= 0.6 is 11.8 Å². The van der Waals surface area contributed by atoms with Gasteiger partial charge in [-0.2, -0.15) is 11.8 Å². The Morgan fingerprint density at radius 2 is 1.41 bits per heavy atom. The second-order valence-corrected chi connectivity index (χ2v) is 9.30. The zero-order valence-corrected chi connectivity index (χ0v) is 19.1. The first-order chi connectivity index (χ1) is 13.0. The Morgan fingerprint density at radius 1 is 0.889 bits per heavy atom. The van der Waals surface area contributed by atoms with Gasteiger partial charge in [-0.15, -0.1) is 0 Å². The molecule has 2 nitrogen and oxygen atoms in total. The Kier molecular flexibility index (Phi) is 12.6. The quantitative estimate of drug-likeness (QED) is 0.328. The van der Waals surface area contributed by atoms with Crippen molar-refractivity contribution < 1.29 is 4.79 Å². The zero-order valence-electron chi connectivity index (χ0n) is 18.3. The van der Waals surface area contributed by atoms with Crippen molar-refractivity contribution in [3.05, 3.63) is 29.3 Å². The van der Waals surface area contributed by atoms with Crippen LogP contribution in [0.3, 0.4) is 0 Å². The van der Waals surface area contributed by atoms with Crippen LogP contribution in [-0.2, 0) is 4.79 Å². The molecular weight excluding hydrogens is 350 g/mol. The van der Waals surface area contributed by atoms with E-state index in [9.17, 15) is 4.79 Å². The first kappa shape index (κ1) is 24.1. The normalized spacial score (nSPS) is 11.4. The first-order valence-electron chi connectivity index (χ1n) is 11.0. The summed E-state index contributed by atoms with van der Waals surface area (Å²) in [5.74, 6) is 2.59. The number of hydrogen-bond acceptors (Lipinski definition) is 2. The number of amides is 1. The maximum absolute atomic E-state index is 12.5. The maximum Gasteiger partial charge on any atom is 0.234 e. The highest BCUT2D eigenvalue weighted by molar-refractivity contribution is 7.99. The predicted octanol–water partition coefficient (Wildman–Crippen LogP) is 7.75. The lowest BCUT2D eigenvalue weighted by Crippen LogP contribution is -2.18. The van der Waals surface area contributed by atoms with Gasteiger partial charge in [0.15, 0.2) is 0 Å². The molecule has 3 heteroatoms. The van der Waals surface area contributed by atoms with E-state index in [2.05, 4.69) is 58.1 Å². The van der Waals surface area contributed by atoms with Crippen LogP contribution < -0.4 is 5.32 Å². The lowest BCUT2D eigenvalue weighted by Gasteiger charge is -2.20. The SMILES string of the molecule is CCCCCCCCCCSCC(=O)Nc1c(C(C)C)cccc1C(C)C. The third-order valence-electron chi connectivity index (χ3n) is 5.01. The molecule has 0 spiro atoms. The minimum absolute atomic E-state index is 0.134. The van der Waals surface area contributed by atoms with E-state index in [0.29, 0.717) is 17.6 Å². The molecule has 0 fully saturated rings. The van der Waals surface area contributed by atoms with Crippen molar-refractivity contribution >= 4 is 23.4 Å². The molecule has 1 N–H and O–H groups in total. The fraction of sp³-hybridized carbons (Fsp3) is 0.708. The van der Waals surface area contributed by atoms with Crippen LogP contribution in [0.15, 0.2) is 18.2 Å². The summed E-state index contributed by atoms with van der Waals surface area (Å²) in [6, 6.07) is 6.39. The maximum atomic E-state index is 12.5. The van der Waals surface area contributed by atoms with Gasteiger partial charge in [0, 0.05) is 5.69 Å². The van der Waals surface area contributed by atoms with Gasteiger partial charge in [0.2, 0.25) is 5.91 Å². The van der Waals surface area contributed by atoms with Crippen molar-refractivity contribution in [3.8, 4) is 0 Å². The third kappa shape index (κ3) is 9.69. The summed E-state index contributed by atoms with van der Waals surface area (Å²) >= 11 is 1.77. The van der Waals surface area contributed by atoms with Crippen LogP contribution in [0.1, 0.15) is 109 Å². The van der Waals surface area contributed by atoms with E-state index < -0.39 is 0 Å². The first-order valence-corrected chi connectivity index (χ1v) is 12.1. The molecule has 0 saturated carbocycles. The Labute approximate surface area is 172 Å². The number of carbonyl (C=O) groups excluding carboxylic acids is 1. The second kappa shape index (κ2) is 14.1. The highest BCUT2D eigenvalue weighted by Crippen LogP contribution is 2.32. The average Bonchev–Trinajstić information content (AvgIpc) is 2.63. The molecule has 0 aliphatic carbocycles. The van der Waals surface area contributed by atoms with Gasteiger partial charge >= 0.3 is 0 Å². The largest absolute Gasteiger partial charge is 0.325 e. The fourth-order valence-corrected chi connectivity index (χ4v) is 4.18. The third-order valence-corrected chi connectivity index (χ3v) is 6.06. The molecule has 1 aromatic carbocycles. The smallest absolute Gasteiger partial charge is 0.234 e. The summed E-state index contributed by atoms with van der Waals surface area (Å²) in [5.41, 5.74) is 3.52. The summed E-state index contributed by atoms with van der Waals surface area (Å²) in [6.45, 7) is 11.0. The molecule has 0 atom stereocenters. The molecule has 1 rings (SSSR count). The summed E-state index contributed by atoms with van der Waals surface area (Å²) < 4.78 is 0. The van der Waals surface area contributed by atoms with Gasteiger partial charge in [0.1, 0.15) is 0 Å². The lowest BCUT2D eigenvalue weighted by molar-refractivity contribution is -0.113. The number of nitrogens with one attached hydrogen (secondary N) is 1. The fourth-order valence-electron chi connectivity index (χ4n) is 3.37. The number of para-hydroxylation sites is 1. The van der Waals surface area contributed by atoms with E-state index in [4.69, 9.17) is 0 Å². The average molecular weight is 392 g/mol. The van der Waals surface area contributed by atoms with E-state index in [0.717, 1.165) is 11.4 Å².